The molecular formula is C30H53Cl3SiTi-. The molecule has 0 amide bonds. The first-order chi connectivity index (χ1) is 15.3. The summed E-state index contributed by atoms with van der Waals surface area (Å²) in [5.41, 5.74) is 0. The van der Waals surface area contributed by atoms with Crippen LogP contribution < -0.4 is 5.19 Å². The van der Waals surface area contributed by atoms with Crippen LogP contribution in [0.1, 0.15) is 116 Å². The zero-order valence-electron chi connectivity index (χ0n) is 22.6. The molecule has 0 spiro atoms. The molecule has 0 aromatic heterocycles. The van der Waals surface area contributed by atoms with Crippen molar-refractivity contribution in [2.24, 2.45) is 0 Å². The summed E-state index contributed by atoms with van der Waals surface area (Å²) >= 11 is 0. The van der Waals surface area contributed by atoms with Gasteiger partial charge in [-0.15, -0.1) is 43.6 Å². The van der Waals surface area contributed by atoms with Crippen LogP contribution in [0.2, 0.25) is 12.6 Å². The van der Waals surface area contributed by atoms with E-state index in [4.69, 9.17) is 0 Å². The van der Waals surface area contributed by atoms with Crippen LogP contribution >= 0.6 is 37.2 Å². The van der Waals surface area contributed by atoms with Crippen molar-refractivity contribution >= 4 is 51.2 Å². The largest absolute Gasteiger partial charge is 0.273 e. The van der Waals surface area contributed by atoms with Gasteiger partial charge in [-0.1, -0.05) is 158 Å². The third-order valence-corrected chi connectivity index (χ3v) is 8.68. The molecule has 0 unspecified atom stereocenters. The number of unbranched alkanes of at least 4 members (excludes halogenated alkanes) is 15. The van der Waals surface area contributed by atoms with Gasteiger partial charge in [-0.05, 0) is 0 Å². The fourth-order valence-electron chi connectivity index (χ4n) is 4.15. The average Bonchev–Trinajstić information content (AvgIpc) is 3.39. The minimum atomic E-state index is -0.286. The van der Waals surface area contributed by atoms with Crippen LogP contribution in [0.15, 0.2) is 48.6 Å². The summed E-state index contributed by atoms with van der Waals surface area (Å²) < 4.78 is 0. The SMILES string of the molecule is CCCCCCCCCCCCCCCCCC[Si](C)c1ccccc1.Cl.Cl.Cl.[C-]1=CC=CC1.[Ti]. The van der Waals surface area contributed by atoms with E-state index in [1.165, 1.54) is 109 Å². The van der Waals surface area contributed by atoms with Gasteiger partial charge in [0.15, 0.2) is 0 Å². The summed E-state index contributed by atoms with van der Waals surface area (Å²) in [6, 6.07) is 12.6. The van der Waals surface area contributed by atoms with E-state index in [2.05, 4.69) is 56.0 Å². The van der Waals surface area contributed by atoms with Gasteiger partial charge < -0.3 is 0 Å². The normalized spacial score (nSPS) is 10.9. The van der Waals surface area contributed by atoms with E-state index in [0.29, 0.717) is 0 Å². The van der Waals surface area contributed by atoms with E-state index < -0.39 is 0 Å². The Bertz CT molecular complexity index is 542. The molecule has 0 N–H and O–H groups in total. The van der Waals surface area contributed by atoms with Crippen LogP contribution in [0.4, 0.5) is 0 Å². The maximum Gasteiger partial charge on any atom is 0.0824 e. The Morgan fingerprint density at radius 2 is 1.09 bits per heavy atom. The van der Waals surface area contributed by atoms with E-state index in [1.807, 2.05) is 12.2 Å². The van der Waals surface area contributed by atoms with Crippen molar-refractivity contribution in [3.63, 3.8) is 0 Å². The van der Waals surface area contributed by atoms with E-state index in [0.717, 1.165) is 6.42 Å². The molecule has 5 heteroatoms. The number of hydrogen-bond acceptors (Lipinski definition) is 0. The van der Waals surface area contributed by atoms with Gasteiger partial charge in [0.1, 0.15) is 0 Å². The standard InChI is InChI=1S/C25H45Si.C5H5.3ClH.Ti/c1-3-4-5-6-7-8-9-10-11-12-13-14-15-16-17-21-24-26(2)25-22-19-18-20-23-25;1-2-4-5-3-1;;;;/h18-20,22-23H,3-17,21,24H2,1-2H3;1-3H,4H2;3*1H;/q;-1;;;;. The summed E-state index contributed by atoms with van der Waals surface area (Å²) in [6.07, 6.45) is 33.4. The van der Waals surface area contributed by atoms with Gasteiger partial charge >= 0.3 is 0 Å². The topological polar surface area (TPSA) is 0 Å². The molecule has 0 nitrogen and oxygen atoms in total. The van der Waals surface area contributed by atoms with Crippen molar-refractivity contribution in [3.05, 3.63) is 54.6 Å². The molecule has 0 saturated heterocycles. The van der Waals surface area contributed by atoms with Gasteiger partial charge in [0.2, 0.25) is 0 Å². The van der Waals surface area contributed by atoms with Crippen LogP contribution in [0, 0.1) is 6.08 Å². The van der Waals surface area contributed by atoms with Gasteiger partial charge in [-0.2, -0.15) is 6.08 Å². The zero-order valence-corrected chi connectivity index (χ0v) is 27.6. The molecule has 1 aliphatic rings. The van der Waals surface area contributed by atoms with Crippen molar-refractivity contribution in [2.45, 2.75) is 129 Å². The predicted octanol–water partition coefficient (Wildman–Crippen LogP) is 10.8. The Morgan fingerprint density at radius 1 is 0.657 bits per heavy atom. The second-order valence-corrected chi connectivity index (χ2v) is 11.8. The molecule has 2 rings (SSSR count). The van der Waals surface area contributed by atoms with Crippen molar-refractivity contribution < 1.29 is 21.7 Å². The molecular weight excluding hydrogens is 543 g/mol. The second-order valence-electron chi connectivity index (χ2n) is 9.20. The van der Waals surface area contributed by atoms with Crippen molar-refractivity contribution in [1.29, 1.82) is 0 Å². The van der Waals surface area contributed by atoms with Crippen LogP contribution in [0.5, 0.6) is 0 Å². The molecule has 0 saturated carbocycles. The first-order valence-electron chi connectivity index (χ1n) is 13.4. The van der Waals surface area contributed by atoms with Gasteiger partial charge in [-0.25, -0.2) is 12.2 Å². The zero-order chi connectivity index (χ0) is 22.2. The first-order valence-corrected chi connectivity index (χ1v) is 15.6. The van der Waals surface area contributed by atoms with Gasteiger partial charge in [0.25, 0.3) is 0 Å². The molecule has 0 fully saturated rings. The minimum absolute atomic E-state index is 0. The van der Waals surface area contributed by atoms with E-state index in [-0.39, 0.29) is 67.7 Å². The summed E-state index contributed by atoms with van der Waals surface area (Å²) in [4.78, 5) is 0. The molecule has 0 atom stereocenters. The quantitative estimate of drug-likeness (QED) is 0.0899. The number of allylic oxidation sites excluding steroid dienone is 4. The molecule has 0 heterocycles. The van der Waals surface area contributed by atoms with Crippen molar-refractivity contribution in [3.8, 4) is 0 Å². The third-order valence-electron chi connectivity index (χ3n) is 6.26. The fourth-order valence-corrected chi connectivity index (χ4v) is 5.98. The summed E-state index contributed by atoms with van der Waals surface area (Å²) in [5, 5.41) is 1.61. The number of rotatable bonds is 18. The number of benzene rings is 1. The maximum atomic E-state index is 2.99. The Hall–Kier alpha value is 0.501. The molecule has 1 aromatic carbocycles. The van der Waals surface area contributed by atoms with E-state index >= 15 is 0 Å². The summed E-state index contributed by atoms with van der Waals surface area (Å²) in [6.45, 7) is 4.78. The smallest absolute Gasteiger partial charge is 0.0824 e. The molecule has 1 radical (unpaired) electrons. The molecule has 1 aliphatic carbocycles. The molecule has 35 heavy (non-hydrogen) atoms. The Morgan fingerprint density at radius 3 is 1.43 bits per heavy atom. The van der Waals surface area contributed by atoms with Crippen LogP contribution in [0.25, 0.3) is 0 Å². The van der Waals surface area contributed by atoms with Gasteiger partial charge in [-0.3, -0.25) is 6.08 Å². The Labute approximate surface area is 254 Å². The molecule has 0 bridgehead atoms. The van der Waals surface area contributed by atoms with Crippen LogP contribution in [0.3, 0.4) is 0 Å². The van der Waals surface area contributed by atoms with E-state index in [9.17, 15) is 0 Å². The molecule has 0 aliphatic heterocycles. The van der Waals surface area contributed by atoms with Crippen molar-refractivity contribution in [1.82, 2.24) is 0 Å². The number of hydrogen-bond donors (Lipinski definition) is 0. The van der Waals surface area contributed by atoms with Crippen LogP contribution in [-0.4, -0.2) is 8.80 Å². The van der Waals surface area contributed by atoms with Gasteiger partial charge in [0.05, 0.1) is 8.80 Å². The number of halogens is 3. The monoisotopic (exact) mass is 594 g/mol. The third kappa shape index (κ3) is 28.9. The average molecular weight is 596 g/mol. The minimum Gasteiger partial charge on any atom is -0.273 e. The van der Waals surface area contributed by atoms with Crippen LogP contribution in [-0.2, 0) is 21.7 Å². The predicted molar refractivity (Wildman–Crippen MR) is 165 cm³/mol. The Kier molecular flexibility index (Phi) is 42.0. The van der Waals surface area contributed by atoms with Crippen molar-refractivity contribution in [2.75, 3.05) is 0 Å². The maximum absolute atomic E-state index is 2.99. The second kappa shape index (κ2) is 34.5. The Balaban J connectivity index is -0.000000474. The molecule has 1 aromatic rings. The fraction of sp³-hybridized carbons (Fsp3) is 0.667. The summed E-state index contributed by atoms with van der Waals surface area (Å²) in [5.74, 6) is 0. The first kappa shape index (κ1) is 42.6. The van der Waals surface area contributed by atoms with E-state index in [1.54, 1.807) is 5.19 Å². The van der Waals surface area contributed by atoms with Gasteiger partial charge in [0, 0.05) is 21.7 Å². The molecule has 203 valence electrons. The summed E-state index contributed by atoms with van der Waals surface area (Å²) in [7, 11) is -0.286.